The zero-order valence-corrected chi connectivity index (χ0v) is 15.5. The highest BCUT2D eigenvalue weighted by molar-refractivity contribution is 5.48. The van der Waals surface area contributed by atoms with E-state index in [4.69, 9.17) is 9.47 Å². The number of ether oxygens (including phenoxy) is 2. The van der Waals surface area contributed by atoms with Crippen LogP contribution in [0.15, 0.2) is 84.9 Å². The maximum absolute atomic E-state index is 6.66. The van der Waals surface area contributed by atoms with E-state index < -0.39 is 5.60 Å². The van der Waals surface area contributed by atoms with E-state index in [0.29, 0.717) is 6.61 Å². The van der Waals surface area contributed by atoms with Crippen LogP contribution in [0.25, 0.3) is 0 Å². The minimum Gasteiger partial charge on any atom is -0.497 e. The molecule has 0 amide bonds. The molecule has 3 aromatic rings. The monoisotopic (exact) mass is 346 g/mol. The molecule has 2 nitrogen and oxygen atoms in total. The van der Waals surface area contributed by atoms with Gasteiger partial charge in [0.1, 0.15) is 11.4 Å². The van der Waals surface area contributed by atoms with Gasteiger partial charge in [-0.05, 0) is 35.2 Å². The second-order valence-electron chi connectivity index (χ2n) is 6.34. The molecule has 0 aliphatic rings. The topological polar surface area (TPSA) is 18.5 Å². The molecule has 0 aliphatic heterocycles. The quantitative estimate of drug-likeness (QED) is 0.379. The van der Waals surface area contributed by atoms with E-state index in [2.05, 4.69) is 67.6 Å². The van der Waals surface area contributed by atoms with Crippen molar-refractivity contribution in [2.24, 2.45) is 0 Å². The third-order valence-corrected chi connectivity index (χ3v) is 4.67. The van der Waals surface area contributed by atoms with Gasteiger partial charge in [0.05, 0.1) is 7.11 Å². The predicted molar refractivity (Wildman–Crippen MR) is 107 cm³/mol. The van der Waals surface area contributed by atoms with E-state index in [9.17, 15) is 0 Å². The standard InChI is InChI=1S/C24H26O2/c1-3-4-19-26-24(20-11-7-5-8-12-20,21-13-9-6-10-14-21)22-15-17-23(25-2)18-16-22/h5-18H,3-4,19H2,1-2H3. The zero-order chi connectivity index (χ0) is 18.2. The molecule has 2 heteroatoms. The van der Waals surface area contributed by atoms with Crippen LogP contribution in [-0.2, 0) is 10.3 Å². The van der Waals surface area contributed by atoms with Crippen LogP contribution in [0.1, 0.15) is 36.5 Å². The van der Waals surface area contributed by atoms with Gasteiger partial charge >= 0.3 is 0 Å². The molecule has 0 saturated heterocycles. The van der Waals surface area contributed by atoms with Gasteiger partial charge in [0.2, 0.25) is 0 Å². The number of rotatable bonds is 8. The van der Waals surface area contributed by atoms with Crippen molar-refractivity contribution in [2.75, 3.05) is 13.7 Å². The summed E-state index contributed by atoms with van der Waals surface area (Å²) in [5.41, 5.74) is 2.73. The molecule has 0 bridgehead atoms. The second-order valence-corrected chi connectivity index (χ2v) is 6.34. The molecule has 0 radical (unpaired) electrons. The van der Waals surface area contributed by atoms with Gasteiger partial charge in [0.15, 0.2) is 0 Å². The van der Waals surface area contributed by atoms with Crippen LogP contribution in [0.3, 0.4) is 0 Å². The van der Waals surface area contributed by atoms with Gasteiger partial charge in [-0.15, -0.1) is 0 Å². The molecule has 0 atom stereocenters. The van der Waals surface area contributed by atoms with Crippen LogP contribution >= 0.6 is 0 Å². The zero-order valence-electron chi connectivity index (χ0n) is 15.5. The Hall–Kier alpha value is -2.58. The minimum absolute atomic E-state index is 0.635. The second kappa shape index (κ2) is 8.68. The van der Waals surface area contributed by atoms with Crippen molar-refractivity contribution in [2.45, 2.75) is 25.4 Å². The average Bonchev–Trinajstić information content (AvgIpc) is 2.73. The maximum atomic E-state index is 6.66. The number of unbranched alkanes of at least 4 members (excludes halogenated alkanes) is 1. The maximum Gasteiger partial charge on any atom is 0.143 e. The van der Waals surface area contributed by atoms with Gasteiger partial charge in [-0.3, -0.25) is 0 Å². The van der Waals surface area contributed by atoms with Crippen LogP contribution in [0.2, 0.25) is 0 Å². The van der Waals surface area contributed by atoms with Gasteiger partial charge in [0.25, 0.3) is 0 Å². The third kappa shape index (κ3) is 3.66. The van der Waals surface area contributed by atoms with E-state index in [1.54, 1.807) is 7.11 Å². The molecule has 0 spiro atoms. The smallest absolute Gasteiger partial charge is 0.143 e. The Labute approximate surface area is 156 Å². The highest BCUT2D eigenvalue weighted by atomic mass is 16.5. The van der Waals surface area contributed by atoms with Crippen molar-refractivity contribution in [1.29, 1.82) is 0 Å². The van der Waals surface area contributed by atoms with Gasteiger partial charge in [-0.1, -0.05) is 86.1 Å². The summed E-state index contributed by atoms with van der Waals surface area (Å²) in [6.07, 6.45) is 2.12. The minimum atomic E-state index is -0.635. The Morgan fingerprint density at radius 3 is 1.65 bits per heavy atom. The Morgan fingerprint density at radius 2 is 1.19 bits per heavy atom. The molecule has 0 aliphatic carbocycles. The molecule has 3 rings (SSSR count). The predicted octanol–water partition coefficient (Wildman–Crippen LogP) is 5.80. The number of benzene rings is 3. The average molecular weight is 346 g/mol. The highest BCUT2D eigenvalue weighted by Crippen LogP contribution is 2.41. The molecule has 0 N–H and O–H groups in total. The van der Waals surface area contributed by atoms with Crippen LogP contribution < -0.4 is 4.74 Å². The molecule has 3 aromatic carbocycles. The molecule has 0 aromatic heterocycles. The first-order valence-electron chi connectivity index (χ1n) is 9.21. The number of methoxy groups -OCH3 is 1. The van der Waals surface area contributed by atoms with Crippen molar-refractivity contribution in [1.82, 2.24) is 0 Å². The molecular formula is C24H26O2. The van der Waals surface area contributed by atoms with Crippen molar-refractivity contribution in [3.05, 3.63) is 102 Å². The third-order valence-electron chi connectivity index (χ3n) is 4.67. The first-order chi connectivity index (χ1) is 12.8. The Balaban J connectivity index is 2.19. The van der Waals surface area contributed by atoms with E-state index in [0.717, 1.165) is 35.3 Å². The van der Waals surface area contributed by atoms with E-state index in [1.165, 1.54) is 0 Å². The van der Waals surface area contributed by atoms with Crippen LogP contribution in [-0.4, -0.2) is 13.7 Å². The molecule has 0 heterocycles. The summed E-state index contributed by atoms with van der Waals surface area (Å²) in [4.78, 5) is 0. The van der Waals surface area contributed by atoms with Crippen LogP contribution in [0.5, 0.6) is 5.75 Å². The number of hydrogen-bond donors (Lipinski definition) is 0. The lowest BCUT2D eigenvalue weighted by Gasteiger charge is -2.36. The summed E-state index contributed by atoms with van der Waals surface area (Å²) in [7, 11) is 1.69. The summed E-state index contributed by atoms with van der Waals surface area (Å²) in [5.74, 6) is 0.845. The molecule has 0 fully saturated rings. The van der Waals surface area contributed by atoms with Gasteiger partial charge < -0.3 is 9.47 Å². The fourth-order valence-electron chi connectivity index (χ4n) is 3.29. The lowest BCUT2D eigenvalue weighted by Crippen LogP contribution is -2.33. The van der Waals surface area contributed by atoms with Crippen LogP contribution in [0.4, 0.5) is 0 Å². The summed E-state index contributed by atoms with van der Waals surface area (Å²) in [6, 6.07) is 29.1. The summed E-state index contributed by atoms with van der Waals surface area (Å²) < 4.78 is 12.0. The normalized spacial score (nSPS) is 11.3. The largest absolute Gasteiger partial charge is 0.497 e. The van der Waals surface area contributed by atoms with Gasteiger partial charge in [-0.25, -0.2) is 0 Å². The highest BCUT2D eigenvalue weighted by Gasteiger charge is 2.37. The van der Waals surface area contributed by atoms with E-state index in [-0.39, 0.29) is 0 Å². The first kappa shape index (κ1) is 18.2. The van der Waals surface area contributed by atoms with Crippen LogP contribution in [0, 0.1) is 0 Å². The molecular weight excluding hydrogens is 320 g/mol. The van der Waals surface area contributed by atoms with Crippen molar-refractivity contribution in [3.8, 4) is 5.75 Å². The molecule has 26 heavy (non-hydrogen) atoms. The first-order valence-corrected chi connectivity index (χ1v) is 9.21. The molecule has 0 saturated carbocycles. The van der Waals surface area contributed by atoms with Crippen molar-refractivity contribution >= 4 is 0 Å². The molecule has 134 valence electrons. The lowest BCUT2D eigenvalue weighted by atomic mass is 9.80. The SMILES string of the molecule is CCCCOC(c1ccccc1)(c1ccccc1)c1ccc(OC)cc1. The fraction of sp³-hybridized carbons (Fsp3) is 0.250. The van der Waals surface area contributed by atoms with Crippen molar-refractivity contribution in [3.63, 3.8) is 0 Å². The Morgan fingerprint density at radius 1 is 0.692 bits per heavy atom. The lowest BCUT2D eigenvalue weighted by molar-refractivity contribution is 0.0113. The van der Waals surface area contributed by atoms with Gasteiger partial charge in [-0.2, -0.15) is 0 Å². The summed E-state index contributed by atoms with van der Waals surface area (Å²) in [5, 5.41) is 0. The Bertz CT molecular complexity index is 740. The summed E-state index contributed by atoms with van der Waals surface area (Å²) in [6.45, 7) is 2.88. The van der Waals surface area contributed by atoms with E-state index in [1.807, 2.05) is 24.3 Å². The number of hydrogen-bond acceptors (Lipinski definition) is 2. The van der Waals surface area contributed by atoms with Gasteiger partial charge in [0, 0.05) is 6.61 Å². The molecule has 0 unspecified atom stereocenters. The fourth-order valence-corrected chi connectivity index (χ4v) is 3.29. The van der Waals surface area contributed by atoms with E-state index >= 15 is 0 Å². The summed E-state index contributed by atoms with van der Waals surface area (Å²) >= 11 is 0. The van der Waals surface area contributed by atoms with Crippen molar-refractivity contribution < 1.29 is 9.47 Å². The Kier molecular flexibility index (Phi) is 6.08.